The van der Waals surface area contributed by atoms with Crippen molar-refractivity contribution in [2.45, 2.75) is 38.6 Å². The van der Waals surface area contributed by atoms with Crippen molar-refractivity contribution in [2.24, 2.45) is 10.8 Å². The average Bonchev–Trinajstić information content (AvgIpc) is 2.30. The molecule has 0 saturated carbocycles. The fourth-order valence-corrected chi connectivity index (χ4v) is 1.31. The van der Waals surface area contributed by atoms with Crippen molar-refractivity contribution < 1.29 is 57.4 Å². The Morgan fingerprint density at radius 2 is 0.680 bits per heavy atom. The Morgan fingerprint density at radius 1 is 0.520 bits per heavy atom. The van der Waals surface area contributed by atoms with Gasteiger partial charge in [-0.05, 0) is 13.8 Å². The molecule has 0 bridgehead atoms. The van der Waals surface area contributed by atoms with Gasteiger partial charge in [-0.15, -0.1) is 0 Å². The molecule has 0 amide bonds. The molecule has 0 atom stereocenters. The molecule has 0 unspecified atom stereocenters. The van der Waals surface area contributed by atoms with E-state index < -0.39 is 60.9 Å². The van der Waals surface area contributed by atoms with Crippen molar-refractivity contribution in [3.8, 4) is 0 Å². The average molecular weight is 398 g/mol. The third-order valence-corrected chi connectivity index (χ3v) is 3.63. The molecular weight excluding hydrogens is 388 g/mol. The lowest BCUT2D eigenvalue weighted by molar-refractivity contribution is -0.338. The number of alkyl halides is 12. The molecule has 0 aliphatic rings. The highest BCUT2D eigenvalue weighted by Gasteiger charge is 2.73. The predicted molar refractivity (Wildman–Crippen MR) is 59.8 cm³/mol. The van der Waals surface area contributed by atoms with Gasteiger partial charge in [-0.2, -0.15) is 52.7 Å². The number of allylic oxidation sites excluding steroid dienone is 2. The zero-order chi connectivity index (χ0) is 20.9. The van der Waals surface area contributed by atoms with Crippen LogP contribution in [0.15, 0.2) is 24.7 Å². The van der Waals surface area contributed by atoms with Gasteiger partial charge >= 0.3 is 24.7 Å². The maximum Gasteiger partial charge on any atom is 0.409 e. The minimum Gasteiger partial charge on any atom is -0.465 e. The van der Waals surface area contributed by atoms with Crippen LogP contribution in [-0.4, -0.2) is 24.7 Å². The highest BCUT2D eigenvalue weighted by molar-refractivity contribution is 5.17. The van der Waals surface area contributed by atoms with Crippen molar-refractivity contribution in [2.75, 3.05) is 0 Å². The van der Waals surface area contributed by atoms with Gasteiger partial charge < -0.3 is 4.74 Å². The standard InChI is InChI=1S/C12H10F12O/c1-5(7(3,9(13,14)15)10(16,17)18)25-6(2)8(4,11(19,20)21)12(22,23)24/h1-2H2,3-4H3. The molecule has 0 N–H and O–H groups in total. The molecule has 0 rings (SSSR count). The van der Waals surface area contributed by atoms with Gasteiger partial charge in [-0.25, -0.2) is 0 Å². The van der Waals surface area contributed by atoms with Gasteiger partial charge in [-0.1, -0.05) is 13.2 Å². The molecule has 0 radical (unpaired) electrons. The summed E-state index contributed by atoms with van der Waals surface area (Å²) in [5, 5.41) is 0. The Morgan fingerprint density at radius 3 is 0.800 bits per heavy atom. The molecular formula is C12H10F12O. The van der Waals surface area contributed by atoms with Gasteiger partial charge in [0.05, 0.1) is 0 Å². The third kappa shape index (κ3) is 3.68. The molecule has 25 heavy (non-hydrogen) atoms. The maximum absolute atomic E-state index is 12.7. The molecule has 0 aromatic rings. The smallest absolute Gasteiger partial charge is 0.409 e. The van der Waals surface area contributed by atoms with Crippen LogP contribution in [0.2, 0.25) is 0 Å². The molecule has 0 aliphatic heterocycles. The number of rotatable bonds is 4. The second-order valence-corrected chi connectivity index (χ2v) is 5.19. The van der Waals surface area contributed by atoms with Gasteiger partial charge in [0, 0.05) is 0 Å². The first-order valence-corrected chi connectivity index (χ1v) is 5.88. The first-order valence-electron chi connectivity index (χ1n) is 5.88. The molecule has 0 fully saturated rings. The second-order valence-electron chi connectivity index (χ2n) is 5.19. The fourth-order valence-electron chi connectivity index (χ4n) is 1.31. The van der Waals surface area contributed by atoms with Crippen molar-refractivity contribution in [1.82, 2.24) is 0 Å². The molecule has 0 aliphatic carbocycles. The van der Waals surface area contributed by atoms with E-state index in [4.69, 9.17) is 0 Å². The molecule has 0 spiro atoms. The summed E-state index contributed by atoms with van der Waals surface area (Å²) in [7, 11) is 0. The number of ether oxygens (including phenoxy) is 1. The number of hydrogen-bond acceptors (Lipinski definition) is 1. The van der Waals surface area contributed by atoms with Gasteiger partial charge in [0.1, 0.15) is 11.5 Å². The topological polar surface area (TPSA) is 9.23 Å². The van der Waals surface area contributed by atoms with Gasteiger partial charge in [0.15, 0.2) is 0 Å². The van der Waals surface area contributed by atoms with E-state index in [2.05, 4.69) is 17.9 Å². The quantitative estimate of drug-likeness (QED) is 0.399. The Hall–Kier alpha value is -1.56. The predicted octanol–water partition coefficient (Wildman–Crippen LogP) is 6.29. The van der Waals surface area contributed by atoms with Gasteiger partial charge in [0.2, 0.25) is 10.8 Å². The van der Waals surface area contributed by atoms with E-state index in [9.17, 15) is 52.7 Å². The van der Waals surface area contributed by atoms with E-state index in [-0.39, 0.29) is 0 Å². The molecule has 0 heterocycles. The highest BCUT2D eigenvalue weighted by atomic mass is 19.4. The zero-order valence-corrected chi connectivity index (χ0v) is 12.4. The van der Waals surface area contributed by atoms with E-state index in [1.165, 1.54) is 0 Å². The van der Waals surface area contributed by atoms with E-state index in [0.29, 0.717) is 0 Å². The SMILES string of the molecule is C=C(OC(=C)C(C)(C(F)(F)F)C(F)(F)F)C(C)(C(F)(F)F)C(F)(F)F. The van der Waals surface area contributed by atoms with Crippen molar-refractivity contribution in [3.63, 3.8) is 0 Å². The normalized spacial score (nSPS) is 15.1. The van der Waals surface area contributed by atoms with E-state index in [1.807, 2.05) is 0 Å². The van der Waals surface area contributed by atoms with Crippen LogP contribution in [0.3, 0.4) is 0 Å². The lowest BCUT2D eigenvalue weighted by Gasteiger charge is -2.39. The first-order chi connectivity index (χ1) is 10.5. The minimum absolute atomic E-state index is 0.541. The van der Waals surface area contributed by atoms with E-state index in [1.54, 1.807) is 0 Å². The fraction of sp³-hybridized carbons (Fsp3) is 0.667. The second kappa shape index (κ2) is 6.01. The zero-order valence-electron chi connectivity index (χ0n) is 12.4. The van der Waals surface area contributed by atoms with E-state index >= 15 is 0 Å². The molecule has 0 saturated heterocycles. The summed E-state index contributed by atoms with van der Waals surface area (Å²) >= 11 is 0. The summed E-state index contributed by atoms with van der Waals surface area (Å²) in [6.07, 6.45) is -24.7. The van der Waals surface area contributed by atoms with Crippen molar-refractivity contribution in [1.29, 1.82) is 0 Å². The van der Waals surface area contributed by atoms with Gasteiger partial charge in [0.25, 0.3) is 0 Å². The van der Waals surface area contributed by atoms with Crippen LogP contribution in [0, 0.1) is 10.8 Å². The van der Waals surface area contributed by atoms with Crippen LogP contribution in [0.25, 0.3) is 0 Å². The van der Waals surface area contributed by atoms with Crippen LogP contribution >= 0.6 is 0 Å². The summed E-state index contributed by atoms with van der Waals surface area (Å²) in [5.74, 6) is -4.87. The van der Waals surface area contributed by atoms with E-state index in [0.717, 1.165) is 0 Å². The summed E-state index contributed by atoms with van der Waals surface area (Å²) in [5.41, 5.74) is -9.86. The van der Waals surface area contributed by atoms with Crippen LogP contribution in [-0.2, 0) is 4.74 Å². The molecule has 1 nitrogen and oxygen atoms in total. The largest absolute Gasteiger partial charge is 0.465 e. The summed E-state index contributed by atoms with van der Waals surface area (Å²) in [6, 6.07) is 0. The monoisotopic (exact) mass is 398 g/mol. The Bertz CT molecular complexity index is 454. The third-order valence-electron chi connectivity index (χ3n) is 3.63. The Labute approximate surface area is 132 Å². The van der Waals surface area contributed by atoms with Crippen LogP contribution in [0.5, 0.6) is 0 Å². The molecule has 13 heteroatoms. The lowest BCUT2D eigenvalue weighted by Crippen LogP contribution is -2.52. The summed E-state index contributed by atoms with van der Waals surface area (Å²) in [6.45, 7) is 3.36. The number of hydrogen-bond donors (Lipinski definition) is 0. The van der Waals surface area contributed by atoms with Crippen molar-refractivity contribution >= 4 is 0 Å². The molecule has 0 aromatic carbocycles. The number of halogens is 12. The minimum atomic E-state index is -6.17. The van der Waals surface area contributed by atoms with Crippen LogP contribution in [0.4, 0.5) is 52.7 Å². The van der Waals surface area contributed by atoms with Crippen LogP contribution in [0.1, 0.15) is 13.8 Å². The maximum atomic E-state index is 12.7. The summed E-state index contributed by atoms with van der Waals surface area (Å²) in [4.78, 5) is 0. The lowest BCUT2D eigenvalue weighted by atomic mass is 9.84. The van der Waals surface area contributed by atoms with Crippen molar-refractivity contribution in [3.05, 3.63) is 24.7 Å². The molecule has 0 aromatic heterocycles. The van der Waals surface area contributed by atoms with Crippen LogP contribution < -0.4 is 0 Å². The summed E-state index contributed by atoms with van der Waals surface area (Å²) < 4.78 is 156. The highest BCUT2D eigenvalue weighted by Crippen LogP contribution is 2.58. The first kappa shape index (κ1) is 23.4. The molecule has 148 valence electrons. The van der Waals surface area contributed by atoms with Gasteiger partial charge in [-0.3, -0.25) is 0 Å². The Kier molecular flexibility index (Phi) is 5.63. The Balaban J connectivity index is 6.08.